The molecule has 1 aliphatic rings. The summed E-state index contributed by atoms with van der Waals surface area (Å²) in [5.74, 6) is 0.427. The summed E-state index contributed by atoms with van der Waals surface area (Å²) in [5.41, 5.74) is 1.64. The van der Waals surface area contributed by atoms with E-state index >= 15 is 0 Å². The van der Waals surface area contributed by atoms with Crippen molar-refractivity contribution in [1.29, 1.82) is 0 Å². The molecule has 1 aromatic heterocycles. The van der Waals surface area contributed by atoms with E-state index in [1.165, 1.54) is 0 Å². The van der Waals surface area contributed by atoms with Gasteiger partial charge in [-0.05, 0) is 30.4 Å². The van der Waals surface area contributed by atoms with Crippen LogP contribution in [0.1, 0.15) is 29.9 Å². The zero-order valence-electron chi connectivity index (χ0n) is 8.77. The molecular formula is C13H12O3. The third-order valence-electron chi connectivity index (χ3n) is 3.10. The van der Waals surface area contributed by atoms with Gasteiger partial charge in [-0.15, -0.1) is 0 Å². The predicted octanol–water partition coefficient (Wildman–Crippen LogP) is 2.16. The molecule has 1 N–H and O–H groups in total. The van der Waals surface area contributed by atoms with E-state index in [9.17, 15) is 9.90 Å². The number of fused-ring (bicyclic) bond motifs is 1. The Balaban J connectivity index is 2.42. The SMILES string of the molecule is O=c1oc2ccccc2c(C2CC2)c1CO. The minimum Gasteiger partial charge on any atom is -0.422 e. The van der Waals surface area contributed by atoms with Gasteiger partial charge in [0.1, 0.15) is 5.58 Å². The van der Waals surface area contributed by atoms with Gasteiger partial charge in [-0.1, -0.05) is 18.2 Å². The fraction of sp³-hybridized carbons (Fsp3) is 0.308. The zero-order valence-corrected chi connectivity index (χ0v) is 8.77. The van der Waals surface area contributed by atoms with Crippen LogP contribution in [0.4, 0.5) is 0 Å². The lowest BCUT2D eigenvalue weighted by atomic mass is 10.0. The normalized spacial score (nSPS) is 15.6. The summed E-state index contributed by atoms with van der Waals surface area (Å²) < 4.78 is 5.19. The largest absolute Gasteiger partial charge is 0.422 e. The smallest absolute Gasteiger partial charge is 0.342 e. The molecule has 1 heterocycles. The molecule has 0 radical (unpaired) electrons. The van der Waals surface area contributed by atoms with E-state index in [1.807, 2.05) is 18.2 Å². The Kier molecular flexibility index (Phi) is 2.07. The van der Waals surface area contributed by atoms with Crippen LogP contribution in [0.25, 0.3) is 11.0 Å². The molecule has 1 saturated carbocycles. The number of aliphatic hydroxyl groups is 1. The molecule has 3 heteroatoms. The summed E-state index contributed by atoms with van der Waals surface area (Å²) in [5, 5.41) is 10.2. The van der Waals surface area contributed by atoms with Crippen molar-refractivity contribution < 1.29 is 9.52 Å². The van der Waals surface area contributed by atoms with Gasteiger partial charge >= 0.3 is 5.63 Å². The van der Waals surface area contributed by atoms with Crippen LogP contribution >= 0.6 is 0 Å². The van der Waals surface area contributed by atoms with E-state index in [1.54, 1.807) is 6.07 Å². The average molecular weight is 216 g/mol. The van der Waals surface area contributed by atoms with Crippen LogP contribution in [0.15, 0.2) is 33.5 Å². The summed E-state index contributed by atoms with van der Waals surface area (Å²) >= 11 is 0. The van der Waals surface area contributed by atoms with Crippen LogP contribution < -0.4 is 5.63 Å². The summed E-state index contributed by atoms with van der Waals surface area (Å²) in [6, 6.07) is 7.52. The van der Waals surface area contributed by atoms with Crippen molar-refractivity contribution >= 4 is 11.0 Å². The second-order valence-electron chi connectivity index (χ2n) is 4.21. The van der Waals surface area contributed by atoms with E-state index in [-0.39, 0.29) is 6.61 Å². The van der Waals surface area contributed by atoms with Gasteiger partial charge in [0.25, 0.3) is 0 Å². The first-order valence-electron chi connectivity index (χ1n) is 5.46. The number of hydrogen-bond donors (Lipinski definition) is 1. The molecule has 1 aliphatic carbocycles. The van der Waals surface area contributed by atoms with Crippen molar-refractivity contribution in [1.82, 2.24) is 0 Å². The van der Waals surface area contributed by atoms with Gasteiger partial charge in [0, 0.05) is 5.39 Å². The number of rotatable bonds is 2. The highest BCUT2D eigenvalue weighted by atomic mass is 16.4. The molecule has 0 aliphatic heterocycles. The number of aliphatic hydroxyl groups excluding tert-OH is 1. The monoisotopic (exact) mass is 216 g/mol. The second-order valence-corrected chi connectivity index (χ2v) is 4.21. The van der Waals surface area contributed by atoms with Crippen LogP contribution in [0.3, 0.4) is 0 Å². The summed E-state index contributed by atoms with van der Waals surface area (Å²) in [6.45, 7) is -0.237. The van der Waals surface area contributed by atoms with E-state index < -0.39 is 5.63 Å². The lowest BCUT2D eigenvalue weighted by Crippen LogP contribution is -2.11. The van der Waals surface area contributed by atoms with Gasteiger partial charge in [-0.25, -0.2) is 4.79 Å². The average Bonchev–Trinajstić information content (AvgIpc) is 3.11. The number of hydrogen-bond acceptors (Lipinski definition) is 3. The highest BCUT2D eigenvalue weighted by Gasteiger charge is 2.29. The fourth-order valence-electron chi connectivity index (χ4n) is 2.20. The van der Waals surface area contributed by atoms with Gasteiger partial charge in [0.05, 0.1) is 12.2 Å². The molecule has 82 valence electrons. The van der Waals surface area contributed by atoms with Gasteiger partial charge in [-0.3, -0.25) is 0 Å². The third-order valence-corrected chi connectivity index (χ3v) is 3.10. The Hall–Kier alpha value is -1.61. The molecular weight excluding hydrogens is 204 g/mol. The molecule has 1 aromatic carbocycles. The van der Waals surface area contributed by atoms with Crippen LogP contribution in [-0.2, 0) is 6.61 Å². The second kappa shape index (κ2) is 3.46. The first-order valence-corrected chi connectivity index (χ1v) is 5.46. The van der Waals surface area contributed by atoms with Gasteiger partial charge in [0.15, 0.2) is 0 Å². The number of para-hydroxylation sites is 1. The Labute approximate surface area is 92.3 Å². The molecule has 1 fully saturated rings. The minimum absolute atomic E-state index is 0.237. The van der Waals surface area contributed by atoms with Crippen molar-refractivity contribution in [3.8, 4) is 0 Å². The molecule has 0 spiro atoms. The Morgan fingerprint density at radius 1 is 1.31 bits per heavy atom. The molecule has 0 unspecified atom stereocenters. The lowest BCUT2D eigenvalue weighted by molar-refractivity contribution is 0.274. The number of benzene rings is 1. The molecule has 3 nitrogen and oxygen atoms in total. The van der Waals surface area contributed by atoms with E-state index in [4.69, 9.17) is 4.42 Å². The molecule has 3 rings (SSSR count). The van der Waals surface area contributed by atoms with Crippen molar-refractivity contribution in [2.45, 2.75) is 25.4 Å². The highest BCUT2D eigenvalue weighted by molar-refractivity contribution is 5.82. The quantitative estimate of drug-likeness (QED) is 0.782. The van der Waals surface area contributed by atoms with E-state index in [0.29, 0.717) is 17.1 Å². The van der Waals surface area contributed by atoms with Crippen molar-refractivity contribution in [2.24, 2.45) is 0 Å². The lowest BCUT2D eigenvalue weighted by Gasteiger charge is -2.08. The van der Waals surface area contributed by atoms with Crippen molar-refractivity contribution in [3.63, 3.8) is 0 Å². The maximum Gasteiger partial charge on any atom is 0.342 e. The Morgan fingerprint density at radius 3 is 2.75 bits per heavy atom. The molecule has 0 amide bonds. The maximum absolute atomic E-state index is 11.7. The van der Waals surface area contributed by atoms with Gasteiger partial charge in [-0.2, -0.15) is 0 Å². The van der Waals surface area contributed by atoms with Gasteiger partial charge < -0.3 is 9.52 Å². The third kappa shape index (κ3) is 1.36. The van der Waals surface area contributed by atoms with Crippen LogP contribution in [0, 0.1) is 0 Å². The molecule has 0 atom stereocenters. The molecule has 0 saturated heterocycles. The van der Waals surface area contributed by atoms with E-state index in [2.05, 4.69) is 0 Å². The van der Waals surface area contributed by atoms with Crippen LogP contribution in [0.2, 0.25) is 0 Å². The van der Waals surface area contributed by atoms with Crippen LogP contribution in [-0.4, -0.2) is 5.11 Å². The zero-order chi connectivity index (χ0) is 11.1. The summed E-state index contributed by atoms with van der Waals surface area (Å²) in [6.07, 6.45) is 2.20. The fourth-order valence-corrected chi connectivity index (χ4v) is 2.20. The van der Waals surface area contributed by atoms with Crippen molar-refractivity contribution in [2.75, 3.05) is 0 Å². The molecule has 0 bridgehead atoms. The maximum atomic E-state index is 11.7. The summed E-state index contributed by atoms with van der Waals surface area (Å²) in [4.78, 5) is 11.7. The van der Waals surface area contributed by atoms with E-state index in [0.717, 1.165) is 23.8 Å². The first kappa shape index (κ1) is 9.60. The molecule has 16 heavy (non-hydrogen) atoms. The first-order chi connectivity index (χ1) is 7.81. The standard InChI is InChI=1S/C13H12O3/c14-7-10-12(8-5-6-8)9-3-1-2-4-11(9)16-13(10)15/h1-4,8,14H,5-7H2. The minimum atomic E-state index is -0.400. The van der Waals surface area contributed by atoms with Gasteiger partial charge in [0.2, 0.25) is 0 Å². The molecule has 2 aromatic rings. The predicted molar refractivity (Wildman–Crippen MR) is 60.4 cm³/mol. The highest BCUT2D eigenvalue weighted by Crippen LogP contribution is 2.44. The summed E-state index contributed by atoms with van der Waals surface area (Å²) in [7, 11) is 0. The van der Waals surface area contributed by atoms with Crippen LogP contribution in [0.5, 0.6) is 0 Å². The Morgan fingerprint density at radius 2 is 2.06 bits per heavy atom. The topological polar surface area (TPSA) is 50.4 Å². The Bertz CT molecular complexity index is 594. The van der Waals surface area contributed by atoms with Crippen molar-refractivity contribution in [3.05, 3.63) is 45.8 Å².